The maximum absolute atomic E-state index is 5.89. The number of hydrogen-bond acceptors (Lipinski definition) is 5. The molecule has 0 unspecified atom stereocenters. The Morgan fingerprint density at radius 1 is 1.13 bits per heavy atom. The Morgan fingerprint density at radius 2 is 1.90 bits per heavy atom. The van der Waals surface area contributed by atoms with Crippen molar-refractivity contribution < 1.29 is 9.47 Å². The number of para-hydroxylation sites is 2. The number of rotatable bonds is 9. The molecule has 0 atom stereocenters. The van der Waals surface area contributed by atoms with Crippen LogP contribution in [0.2, 0.25) is 0 Å². The molecule has 0 bridgehead atoms. The number of likely N-dealkylation sites (tertiary alicyclic amines) is 1. The van der Waals surface area contributed by atoms with Gasteiger partial charge in [-0.1, -0.05) is 25.1 Å². The van der Waals surface area contributed by atoms with Crippen LogP contribution in [0.15, 0.2) is 47.6 Å². The highest BCUT2D eigenvalue weighted by Gasteiger charge is 2.19. The lowest BCUT2D eigenvalue weighted by Gasteiger charge is -2.32. The second kappa shape index (κ2) is 12.2. The molecule has 2 heterocycles. The van der Waals surface area contributed by atoms with Gasteiger partial charge in [-0.3, -0.25) is 4.99 Å². The highest BCUT2D eigenvalue weighted by atomic mass is 16.5. The number of piperidine rings is 1. The first kappa shape index (κ1) is 22.9. The van der Waals surface area contributed by atoms with Crippen LogP contribution in [0.4, 0.5) is 0 Å². The molecule has 31 heavy (non-hydrogen) atoms. The predicted octanol–water partition coefficient (Wildman–Crippen LogP) is 3.81. The number of benzene rings is 1. The lowest BCUT2D eigenvalue weighted by atomic mass is 10.1. The normalized spacial score (nSPS) is 15.5. The van der Waals surface area contributed by atoms with Crippen LogP contribution >= 0.6 is 0 Å². The maximum atomic E-state index is 5.89. The van der Waals surface area contributed by atoms with Crippen LogP contribution in [0.1, 0.15) is 38.7 Å². The van der Waals surface area contributed by atoms with E-state index in [0.717, 1.165) is 37.5 Å². The van der Waals surface area contributed by atoms with E-state index < -0.39 is 0 Å². The lowest BCUT2D eigenvalue weighted by Crippen LogP contribution is -2.48. The Bertz CT molecular complexity index is 817. The van der Waals surface area contributed by atoms with Gasteiger partial charge in [-0.2, -0.15) is 0 Å². The molecule has 168 valence electrons. The molecule has 1 aliphatic heterocycles. The number of hydrogen-bond donors (Lipinski definition) is 2. The van der Waals surface area contributed by atoms with Gasteiger partial charge in [0.05, 0.1) is 6.61 Å². The first-order valence-corrected chi connectivity index (χ1v) is 11.3. The van der Waals surface area contributed by atoms with Crippen molar-refractivity contribution in [2.45, 2.75) is 45.7 Å². The minimum absolute atomic E-state index is 0.471. The molecule has 0 spiro atoms. The third kappa shape index (κ3) is 7.14. The smallest absolute Gasteiger partial charge is 0.219 e. The Labute approximate surface area is 185 Å². The van der Waals surface area contributed by atoms with Gasteiger partial charge >= 0.3 is 0 Å². The second-order valence-electron chi connectivity index (χ2n) is 7.67. The van der Waals surface area contributed by atoms with Gasteiger partial charge < -0.3 is 25.0 Å². The number of aliphatic imine (C=N–C) groups is 1. The number of nitrogens with zero attached hydrogens (tertiary/aromatic N) is 3. The zero-order valence-corrected chi connectivity index (χ0v) is 18.9. The highest BCUT2D eigenvalue weighted by Crippen LogP contribution is 2.30. The summed E-state index contributed by atoms with van der Waals surface area (Å²) in [5, 5.41) is 6.94. The van der Waals surface area contributed by atoms with E-state index in [4.69, 9.17) is 9.47 Å². The first-order chi connectivity index (χ1) is 15.2. The van der Waals surface area contributed by atoms with Crippen molar-refractivity contribution in [1.82, 2.24) is 20.5 Å². The van der Waals surface area contributed by atoms with Crippen LogP contribution in [0.5, 0.6) is 17.4 Å². The van der Waals surface area contributed by atoms with Gasteiger partial charge in [0.25, 0.3) is 0 Å². The van der Waals surface area contributed by atoms with Gasteiger partial charge in [0, 0.05) is 45.0 Å². The Morgan fingerprint density at radius 3 is 2.55 bits per heavy atom. The molecule has 1 saturated heterocycles. The number of ether oxygens (including phenoxy) is 2. The van der Waals surface area contributed by atoms with Crippen LogP contribution < -0.4 is 20.1 Å². The van der Waals surface area contributed by atoms with Crippen molar-refractivity contribution in [2.75, 3.05) is 33.3 Å². The van der Waals surface area contributed by atoms with Gasteiger partial charge in [0.1, 0.15) is 0 Å². The van der Waals surface area contributed by atoms with Crippen LogP contribution in [-0.2, 0) is 6.54 Å². The molecule has 1 aromatic carbocycles. The van der Waals surface area contributed by atoms with Gasteiger partial charge in [-0.05, 0) is 50.4 Å². The Balaban J connectivity index is 1.47. The van der Waals surface area contributed by atoms with E-state index in [0.29, 0.717) is 36.6 Å². The zero-order valence-electron chi connectivity index (χ0n) is 18.9. The van der Waals surface area contributed by atoms with Crippen LogP contribution in [0, 0.1) is 0 Å². The van der Waals surface area contributed by atoms with Crippen molar-refractivity contribution in [1.29, 1.82) is 0 Å². The molecule has 1 aliphatic rings. The molecular weight excluding hydrogens is 390 g/mol. The summed E-state index contributed by atoms with van der Waals surface area (Å²) in [4.78, 5) is 11.3. The molecule has 3 rings (SSSR count). The summed E-state index contributed by atoms with van der Waals surface area (Å²) in [6.45, 7) is 8.94. The molecule has 0 aliphatic carbocycles. The van der Waals surface area contributed by atoms with Crippen LogP contribution in [0.25, 0.3) is 0 Å². The first-order valence-electron chi connectivity index (χ1n) is 11.3. The minimum atomic E-state index is 0.471. The number of guanidine groups is 1. The second-order valence-corrected chi connectivity index (χ2v) is 7.67. The molecular formula is C24H35N5O2. The molecule has 0 saturated carbocycles. The van der Waals surface area contributed by atoms with Crippen molar-refractivity contribution in [3.05, 3.63) is 48.2 Å². The quantitative estimate of drug-likeness (QED) is 0.470. The van der Waals surface area contributed by atoms with Crippen molar-refractivity contribution in [2.24, 2.45) is 4.99 Å². The van der Waals surface area contributed by atoms with Crippen LogP contribution in [-0.4, -0.2) is 55.2 Å². The average molecular weight is 426 g/mol. The number of nitrogens with one attached hydrogen (secondary N) is 2. The van der Waals surface area contributed by atoms with Crippen molar-refractivity contribution in [3.63, 3.8) is 0 Å². The Kier molecular flexibility index (Phi) is 8.97. The fraction of sp³-hybridized carbons (Fsp3) is 0.500. The third-order valence-corrected chi connectivity index (χ3v) is 5.31. The van der Waals surface area contributed by atoms with E-state index in [9.17, 15) is 0 Å². The molecule has 7 heteroatoms. The molecule has 0 radical (unpaired) electrons. The lowest BCUT2D eigenvalue weighted by molar-refractivity contribution is 0.206. The zero-order chi connectivity index (χ0) is 21.9. The van der Waals surface area contributed by atoms with E-state index in [1.54, 1.807) is 0 Å². The molecule has 0 amide bonds. The van der Waals surface area contributed by atoms with Crippen molar-refractivity contribution >= 4 is 5.96 Å². The highest BCUT2D eigenvalue weighted by molar-refractivity contribution is 5.79. The van der Waals surface area contributed by atoms with Gasteiger partial charge in [-0.25, -0.2) is 4.98 Å². The van der Waals surface area contributed by atoms with E-state index in [-0.39, 0.29) is 0 Å². The summed E-state index contributed by atoms with van der Waals surface area (Å²) < 4.78 is 11.5. The van der Waals surface area contributed by atoms with E-state index >= 15 is 0 Å². The summed E-state index contributed by atoms with van der Waals surface area (Å²) in [7, 11) is 1.81. The Hall–Kier alpha value is -2.80. The third-order valence-electron chi connectivity index (χ3n) is 5.31. The molecule has 7 nitrogen and oxygen atoms in total. The topological polar surface area (TPSA) is 71.0 Å². The standard InChI is InChI=1S/C24H35N5O2/c1-4-14-29-15-12-20(13-16-29)28-24(25-3)27-18-19-10-11-23(26-17-19)31-22-9-7-6-8-21(22)30-5-2/h6-11,17,20H,4-5,12-16,18H2,1-3H3,(H2,25,27,28). The molecule has 2 aromatic rings. The number of pyridine rings is 1. The number of aromatic nitrogens is 1. The maximum Gasteiger partial charge on any atom is 0.219 e. The molecule has 2 N–H and O–H groups in total. The fourth-order valence-electron chi connectivity index (χ4n) is 3.69. The summed E-state index contributed by atoms with van der Waals surface area (Å²) in [5.74, 6) is 2.75. The van der Waals surface area contributed by atoms with Crippen LogP contribution in [0.3, 0.4) is 0 Å². The summed E-state index contributed by atoms with van der Waals surface area (Å²) >= 11 is 0. The van der Waals surface area contributed by atoms with Gasteiger partial charge in [0.15, 0.2) is 17.5 Å². The van der Waals surface area contributed by atoms with E-state index in [2.05, 4.69) is 32.4 Å². The minimum Gasteiger partial charge on any atom is -0.490 e. The average Bonchev–Trinajstić information content (AvgIpc) is 2.80. The van der Waals surface area contributed by atoms with Gasteiger partial charge in [0.2, 0.25) is 5.88 Å². The van der Waals surface area contributed by atoms with E-state index in [1.165, 1.54) is 13.0 Å². The van der Waals surface area contributed by atoms with E-state index in [1.807, 2.05) is 56.6 Å². The molecule has 1 fully saturated rings. The SMILES string of the molecule is CCCN1CCC(NC(=NC)NCc2ccc(Oc3ccccc3OCC)nc2)CC1. The molecule has 1 aromatic heterocycles. The monoisotopic (exact) mass is 425 g/mol. The summed E-state index contributed by atoms with van der Waals surface area (Å²) in [6.07, 6.45) is 5.34. The van der Waals surface area contributed by atoms with Gasteiger partial charge in [-0.15, -0.1) is 0 Å². The fourth-order valence-corrected chi connectivity index (χ4v) is 3.69. The largest absolute Gasteiger partial charge is 0.490 e. The summed E-state index contributed by atoms with van der Waals surface area (Å²) in [6, 6.07) is 12.0. The van der Waals surface area contributed by atoms with Crippen molar-refractivity contribution in [3.8, 4) is 17.4 Å². The summed E-state index contributed by atoms with van der Waals surface area (Å²) in [5.41, 5.74) is 1.06. The predicted molar refractivity (Wildman–Crippen MR) is 125 cm³/mol.